The van der Waals surface area contributed by atoms with Crippen LogP contribution in [0, 0.1) is 0 Å². The van der Waals surface area contributed by atoms with Crippen LogP contribution in [0.2, 0.25) is 0 Å². The summed E-state index contributed by atoms with van der Waals surface area (Å²) in [5.74, 6) is -0.494. The highest BCUT2D eigenvalue weighted by atomic mass is 16.5. The lowest BCUT2D eigenvalue weighted by Gasteiger charge is -2.18. The Balaban J connectivity index is 0.00000162. The highest BCUT2D eigenvalue weighted by Gasteiger charge is 2.24. The number of rotatable bonds is 3. The van der Waals surface area contributed by atoms with Gasteiger partial charge in [0.25, 0.3) is 0 Å². The lowest BCUT2D eigenvalue weighted by atomic mass is 9.88. The van der Waals surface area contributed by atoms with Gasteiger partial charge < -0.3 is 10.2 Å². The third-order valence-electron chi connectivity index (χ3n) is 2.93. The van der Waals surface area contributed by atoms with E-state index in [2.05, 4.69) is 12.2 Å². The van der Waals surface area contributed by atoms with Crippen LogP contribution < -0.4 is 0 Å². The van der Waals surface area contributed by atoms with Crippen LogP contribution in [0.25, 0.3) is 0 Å². The molecule has 3 nitrogen and oxygen atoms in total. The molecule has 0 aromatic heterocycles. The van der Waals surface area contributed by atoms with Gasteiger partial charge in [-0.15, -0.1) is 0 Å². The van der Waals surface area contributed by atoms with Crippen molar-refractivity contribution in [2.24, 2.45) is 0 Å². The van der Waals surface area contributed by atoms with E-state index in [9.17, 15) is 4.79 Å². The fraction of sp³-hybridized carbons (Fsp3) is 0.267. The molecule has 96 valence electrons. The number of hydrogen-bond acceptors (Lipinski definition) is 2. The topological polar surface area (TPSA) is 57.8 Å². The summed E-state index contributed by atoms with van der Waals surface area (Å²) in [6.45, 7) is 0. The molecule has 1 aliphatic carbocycles. The zero-order chi connectivity index (χ0) is 12.1. The maximum absolute atomic E-state index is 11.9. The van der Waals surface area contributed by atoms with Gasteiger partial charge in [0.1, 0.15) is 5.92 Å². The summed E-state index contributed by atoms with van der Waals surface area (Å²) in [6, 6.07) is 9.76. The van der Waals surface area contributed by atoms with Gasteiger partial charge >= 0.3 is 5.97 Å². The Morgan fingerprint density at radius 3 is 2.50 bits per heavy atom. The molecule has 18 heavy (non-hydrogen) atoms. The van der Waals surface area contributed by atoms with Crippen molar-refractivity contribution >= 4 is 5.97 Å². The Labute approximate surface area is 107 Å². The molecular weight excluding hydrogens is 228 g/mol. The fourth-order valence-corrected chi connectivity index (χ4v) is 2.08. The third-order valence-corrected chi connectivity index (χ3v) is 2.93. The highest BCUT2D eigenvalue weighted by Crippen LogP contribution is 2.29. The predicted molar refractivity (Wildman–Crippen MR) is 71.3 cm³/mol. The average Bonchev–Trinajstić information content (AvgIpc) is 2.41. The average molecular weight is 246 g/mol. The second kappa shape index (κ2) is 6.77. The van der Waals surface area contributed by atoms with Gasteiger partial charge in [0.05, 0.1) is 7.11 Å². The first-order valence-electron chi connectivity index (χ1n) is 5.82. The number of methoxy groups -OCH3 is 1. The third kappa shape index (κ3) is 3.08. The van der Waals surface area contributed by atoms with Gasteiger partial charge in [-0.2, -0.15) is 0 Å². The van der Waals surface area contributed by atoms with E-state index in [0.717, 1.165) is 24.0 Å². The molecule has 1 aromatic rings. The van der Waals surface area contributed by atoms with Gasteiger partial charge in [-0.1, -0.05) is 48.6 Å². The fourth-order valence-electron chi connectivity index (χ4n) is 2.08. The molecule has 1 atom stereocenters. The second-order valence-electron chi connectivity index (χ2n) is 4.05. The number of benzene rings is 1. The highest BCUT2D eigenvalue weighted by molar-refractivity contribution is 5.82. The van der Waals surface area contributed by atoms with Crippen LogP contribution in [-0.2, 0) is 9.53 Å². The number of carbonyl (C=O) groups excluding carboxylic acids is 1. The molecule has 1 unspecified atom stereocenters. The summed E-state index contributed by atoms with van der Waals surface area (Å²) in [4.78, 5) is 11.9. The normalized spacial score (nSPS) is 15.3. The van der Waals surface area contributed by atoms with Gasteiger partial charge in [0.2, 0.25) is 0 Å². The molecule has 1 aliphatic rings. The number of allylic oxidation sites excluding steroid dienone is 3. The SMILES string of the molecule is COC(=O)C(C1=CCCC=C1)c1ccccc1.O. The smallest absolute Gasteiger partial charge is 0.317 e. The maximum Gasteiger partial charge on any atom is 0.317 e. The molecule has 0 aliphatic heterocycles. The van der Waals surface area contributed by atoms with Crippen molar-refractivity contribution < 1.29 is 15.0 Å². The molecule has 0 fully saturated rings. The minimum atomic E-state index is -0.294. The lowest BCUT2D eigenvalue weighted by molar-refractivity contribution is -0.141. The van der Waals surface area contributed by atoms with Crippen molar-refractivity contribution in [3.8, 4) is 0 Å². The minimum Gasteiger partial charge on any atom is -0.468 e. The lowest BCUT2D eigenvalue weighted by Crippen LogP contribution is -2.16. The molecule has 2 rings (SSSR count). The van der Waals surface area contributed by atoms with E-state index in [1.54, 1.807) is 0 Å². The van der Waals surface area contributed by atoms with Crippen molar-refractivity contribution in [1.29, 1.82) is 0 Å². The zero-order valence-corrected chi connectivity index (χ0v) is 10.4. The standard InChI is InChI=1S/C15H16O2.H2O/c1-17-15(16)14(12-8-4-2-5-9-12)13-10-6-3-7-11-13;/h2,4-6,8-11,14H,3,7H2,1H3;1H2. The van der Waals surface area contributed by atoms with Crippen molar-refractivity contribution in [1.82, 2.24) is 0 Å². The summed E-state index contributed by atoms with van der Waals surface area (Å²) >= 11 is 0. The van der Waals surface area contributed by atoms with Crippen molar-refractivity contribution in [3.05, 3.63) is 59.7 Å². The molecule has 0 heterocycles. The second-order valence-corrected chi connectivity index (χ2v) is 4.05. The quantitative estimate of drug-likeness (QED) is 0.769. The van der Waals surface area contributed by atoms with Crippen LogP contribution in [0.5, 0.6) is 0 Å². The van der Waals surface area contributed by atoms with Crippen molar-refractivity contribution in [3.63, 3.8) is 0 Å². The number of carbonyl (C=O) groups is 1. The maximum atomic E-state index is 11.9. The molecule has 2 N–H and O–H groups in total. The first-order chi connectivity index (χ1) is 8.33. The monoisotopic (exact) mass is 246 g/mol. The first-order valence-corrected chi connectivity index (χ1v) is 5.82. The molecule has 0 saturated heterocycles. The molecule has 3 heteroatoms. The van der Waals surface area contributed by atoms with E-state index in [-0.39, 0.29) is 17.4 Å². The van der Waals surface area contributed by atoms with Gasteiger partial charge in [-0.25, -0.2) is 0 Å². The van der Waals surface area contributed by atoms with Crippen LogP contribution in [0.3, 0.4) is 0 Å². The van der Waals surface area contributed by atoms with E-state index in [1.807, 2.05) is 36.4 Å². The van der Waals surface area contributed by atoms with Crippen LogP contribution >= 0.6 is 0 Å². The van der Waals surface area contributed by atoms with Gasteiger partial charge in [-0.3, -0.25) is 4.79 Å². The van der Waals surface area contributed by atoms with Gasteiger partial charge in [-0.05, 0) is 24.0 Å². The summed E-state index contributed by atoms with van der Waals surface area (Å²) in [6.07, 6.45) is 8.29. The van der Waals surface area contributed by atoms with Crippen LogP contribution in [-0.4, -0.2) is 18.6 Å². The summed E-state index contributed by atoms with van der Waals surface area (Å²) < 4.78 is 4.91. The Kier molecular flexibility index (Phi) is 5.33. The molecule has 0 amide bonds. The van der Waals surface area contributed by atoms with E-state index in [4.69, 9.17) is 4.74 Å². The summed E-state index contributed by atoms with van der Waals surface area (Å²) in [5.41, 5.74) is 2.02. The van der Waals surface area contributed by atoms with E-state index in [1.165, 1.54) is 7.11 Å². The molecule has 0 spiro atoms. The van der Waals surface area contributed by atoms with E-state index in [0.29, 0.717) is 0 Å². The van der Waals surface area contributed by atoms with Gasteiger partial charge in [0.15, 0.2) is 0 Å². The minimum absolute atomic E-state index is 0. The largest absolute Gasteiger partial charge is 0.468 e. The molecule has 0 saturated carbocycles. The molecular formula is C15H18O3. The predicted octanol–water partition coefficient (Wildman–Crippen LogP) is 2.39. The number of hydrogen-bond donors (Lipinski definition) is 0. The Bertz CT molecular complexity index is 446. The van der Waals surface area contributed by atoms with Crippen LogP contribution in [0.1, 0.15) is 24.3 Å². The Morgan fingerprint density at radius 2 is 1.94 bits per heavy atom. The van der Waals surface area contributed by atoms with E-state index >= 15 is 0 Å². The first kappa shape index (κ1) is 14.2. The van der Waals surface area contributed by atoms with E-state index < -0.39 is 0 Å². The summed E-state index contributed by atoms with van der Waals surface area (Å²) in [7, 11) is 1.44. The zero-order valence-electron chi connectivity index (χ0n) is 10.4. The van der Waals surface area contributed by atoms with Crippen LogP contribution in [0.15, 0.2) is 54.1 Å². The number of ether oxygens (including phenoxy) is 1. The molecule has 0 bridgehead atoms. The Morgan fingerprint density at radius 1 is 1.22 bits per heavy atom. The van der Waals surface area contributed by atoms with Crippen LogP contribution in [0.4, 0.5) is 0 Å². The van der Waals surface area contributed by atoms with Crippen molar-refractivity contribution in [2.45, 2.75) is 18.8 Å². The number of esters is 1. The van der Waals surface area contributed by atoms with Crippen molar-refractivity contribution in [2.75, 3.05) is 7.11 Å². The van der Waals surface area contributed by atoms with Gasteiger partial charge in [0, 0.05) is 0 Å². The Hall–Kier alpha value is -1.87. The summed E-state index contributed by atoms with van der Waals surface area (Å²) in [5, 5.41) is 0. The molecule has 1 aromatic carbocycles. The molecule has 0 radical (unpaired) electrons.